The van der Waals surface area contributed by atoms with Gasteiger partial charge in [0.05, 0.1) is 0 Å². The Bertz CT molecular complexity index is 557. The first-order valence-corrected chi connectivity index (χ1v) is 4.24. The second-order valence-electron chi connectivity index (χ2n) is 2.87. The number of nitrogens with zero attached hydrogens (tertiary/aromatic N) is 1. The van der Waals surface area contributed by atoms with E-state index < -0.39 is 5.82 Å². The molecule has 0 saturated heterocycles. The minimum Gasteiger partial charge on any atom is -0.409 e. The summed E-state index contributed by atoms with van der Waals surface area (Å²) in [5.74, 6) is -0.507. The van der Waals surface area contributed by atoms with Crippen LogP contribution in [0.5, 0.6) is 0 Å². The first kappa shape index (κ1) is 11.9. The average molecular weight is 267 g/mol. The molecule has 2 aromatic rings. The number of aromatic nitrogens is 1. The van der Waals surface area contributed by atoms with Crippen LogP contribution < -0.4 is 0 Å². The van der Waals surface area contributed by atoms with E-state index >= 15 is 0 Å². The Morgan fingerprint density at radius 2 is 2.13 bits per heavy atom. The quantitative estimate of drug-likeness (QED) is 0.732. The van der Waals surface area contributed by atoms with Gasteiger partial charge in [-0.05, 0) is 17.6 Å². The molecule has 0 atom stereocenters. The third kappa shape index (κ3) is 1.70. The molecule has 0 amide bonds. The summed E-state index contributed by atoms with van der Waals surface area (Å²) in [7, 11) is 0. The SMILES string of the molecule is [CH2-]c1c(C#N)[nH]c2ccc(F)c(Cl)c12.[Co]. The van der Waals surface area contributed by atoms with E-state index in [9.17, 15) is 4.39 Å². The van der Waals surface area contributed by atoms with E-state index in [4.69, 9.17) is 16.9 Å². The van der Waals surface area contributed by atoms with Crippen LogP contribution in [0.15, 0.2) is 12.1 Å². The van der Waals surface area contributed by atoms with Crippen molar-refractivity contribution in [3.8, 4) is 6.07 Å². The average Bonchev–Trinajstić information content (AvgIpc) is 2.50. The molecule has 1 aromatic carbocycles. The number of halogens is 2. The van der Waals surface area contributed by atoms with Gasteiger partial charge in [-0.2, -0.15) is 12.5 Å². The first-order chi connectivity index (χ1) is 6.65. The fourth-order valence-corrected chi connectivity index (χ4v) is 1.66. The summed E-state index contributed by atoms with van der Waals surface area (Å²) in [4.78, 5) is 2.81. The summed E-state index contributed by atoms with van der Waals surface area (Å²) in [6.07, 6.45) is 0. The number of aromatic amines is 1. The zero-order chi connectivity index (χ0) is 10.3. The second-order valence-corrected chi connectivity index (χ2v) is 3.25. The zero-order valence-corrected chi connectivity index (χ0v) is 9.20. The molecule has 2 nitrogen and oxygen atoms in total. The van der Waals surface area contributed by atoms with Crippen LogP contribution >= 0.6 is 11.6 Å². The van der Waals surface area contributed by atoms with Gasteiger partial charge in [0.2, 0.25) is 0 Å². The molecular formula is C10H5ClCoFN2-. The van der Waals surface area contributed by atoms with Gasteiger partial charge in [0, 0.05) is 33.6 Å². The predicted molar refractivity (Wildman–Crippen MR) is 52.4 cm³/mol. The first-order valence-electron chi connectivity index (χ1n) is 3.87. The molecule has 0 saturated carbocycles. The summed E-state index contributed by atoms with van der Waals surface area (Å²) in [5.41, 5.74) is 1.37. The number of hydrogen-bond donors (Lipinski definition) is 1. The topological polar surface area (TPSA) is 39.6 Å². The van der Waals surface area contributed by atoms with Gasteiger partial charge in [0.1, 0.15) is 5.82 Å². The van der Waals surface area contributed by atoms with E-state index in [1.807, 2.05) is 6.07 Å². The van der Waals surface area contributed by atoms with E-state index in [0.29, 0.717) is 22.2 Å². The van der Waals surface area contributed by atoms with Gasteiger partial charge in [-0.1, -0.05) is 17.0 Å². The van der Waals surface area contributed by atoms with E-state index in [-0.39, 0.29) is 21.8 Å². The van der Waals surface area contributed by atoms with Crippen LogP contribution in [-0.2, 0) is 16.8 Å². The minimum atomic E-state index is -0.507. The van der Waals surface area contributed by atoms with Crippen LogP contribution in [0.2, 0.25) is 5.02 Å². The number of fused-ring (bicyclic) bond motifs is 1. The molecular weight excluding hydrogens is 262 g/mol. The van der Waals surface area contributed by atoms with Gasteiger partial charge in [-0.15, -0.1) is 0 Å². The number of hydrogen-bond acceptors (Lipinski definition) is 1. The van der Waals surface area contributed by atoms with Crippen molar-refractivity contribution < 1.29 is 21.2 Å². The molecule has 15 heavy (non-hydrogen) atoms. The predicted octanol–water partition coefficient (Wildman–Crippen LogP) is 3.01. The van der Waals surface area contributed by atoms with Crippen molar-refractivity contribution in [2.75, 3.05) is 0 Å². The van der Waals surface area contributed by atoms with Crippen molar-refractivity contribution in [1.82, 2.24) is 4.98 Å². The molecule has 1 radical (unpaired) electrons. The summed E-state index contributed by atoms with van der Waals surface area (Å²) >= 11 is 5.76. The van der Waals surface area contributed by atoms with Crippen LogP contribution in [0.4, 0.5) is 4.39 Å². The Kier molecular flexibility index (Phi) is 3.30. The molecule has 0 spiro atoms. The maximum atomic E-state index is 13.1. The number of rotatable bonds is 0. The van der Waals surface area contributed by atoms with Crippen molar-refractivity contribution in [2.24, 2.45) is 0 Å². The molecule has 5 heteroatoms. The molecule has 79 valence electrons. The Hall–Kier alpha value is -1.15. The monoisotopic (exact) mass is 266 g/mol. The number of nitriles is 1. The van der Waals surface area contributed by atoms with Crippen LogP contribution in [0.1, 0.15) is 11.3 Å². The molecule has 1 heterocycles. The molecule has 0 aliphatic heterocycles. The maximum Gasteiger partial charge on any atom is 0.130 e. The van der Waals surface area contributed by atoms with Crippen molar-refractivity contribution in [3.05, 3.63) is 41.2 Å². The number of nitrogens with one attached hydrogen (secondary N) is 1. The zero-order valence-electron chi connectivity index (χ0n) is 7.40. The van der Waals surface area contributed by atoms with Crippen molar-refractivity contribution in [1.29, 1.82) is 5.26 Å². The van der Waals surface area contributed by atoms with Crippen LogP contribution in [-0.4, -0.2) is 4.98 Å². The van der Waals surface area contributed by atoms with Gasteiger partial charge in [-0.25, -0.2) is 9.65 Å². The van der Waals surface area contributed by atoms with E-state index in [2.05, 4.69) is 11.9 Å². The normalized spacial score (nSPS) is 9.67. The Labute approximate surface area is 101 Å². The van der Waals surface area contributed by atoms with Gasteiger partial charge in [0.25, 0.3) is 0 Å². The maximum absolute atomic E-state index is 13.1. The molecule has 2 rings (SSSR count). The molecule has 0 bridgehead atoms. The van der Waals surface area contributed by atoms with Crippen LogP contribution in [0, 0.1) is 24.1 Å². The Morgan fingerprint density at radius 3 is 2.73 bits per heavy atom. The summed E-state index contributed by atoms with van der Waals surface area (Å²) in [6.45, 7) is 3.68. The number of H-pyrrole nitrogens is 1. The van der Waals surface area contributed by atoms with Crippen LogP contribution in [0.3, 0.4) is 0 Å². The summed E-state index contributed by atoms with van der Waals surface area (Å²) in [6, 6.07) is 4.72. The summed E-state index contributed by atoms with van der Waals surface area (Å²) in [5, 5.41) is 9.20. The molecule has 1 N–H and O–H groups in total. The van der Waals surface area contributed by atoms with E-state index in [1.165, 1.54) is 12.1 Å². The van der Waals surface area contributed by atoms with Crippen molar-refractivity contribution in [2.45, 2.75) is 0 Å². The smallest absolute Gasteiger partial charge is 0.130 e. The minimum absolute atomic E-state index is 0. The largest absolute Gasteiger partial charge is 0.409 e. The van der Waals surface area contributed by atoms with Gasteiger partial charge in [0.15, 0.2) is 0 Å². The molecule has 0 unspecified atom stereocenters. The molecule has 0 aliphatic carbocycles. The number of benzene rings is 1. The second kappa shape index (κ2) is 4.15. The van der Waals surface area contributed by atoms with E-state index in [0.717, 1.165) is 0 Å². The molecule has 0 aliphatic rings. The van der Waals surface area contributed by atoms with E-state index in [1.54, 1.807) is 0 Å². The fourth-order valence-electron chi connectivity index (χ4n) is 1.38. The Balaban J connectivity index is 0.00000112. The van der Waals surface area contributed by atoms with Crippen molar-refractivity contribution in [3.63, 3.8) is 0 Å². The molecule has 1 aromatic heterocycles. The summed E-state index contributed by atoms with van der Waals surface area (Å²) < 4.78 is 13.1. The van der Waals surface area contributed by atoms with Crippen molar-refractivity contribution >= 4 is 22.5 Å². The van der Waals surface area contributed by atoms with Gasteiger partial charge in [-0.3, -0.25) is 0 Å². The third-order valence-corrected chi connectivity index (χ3v) is 2.44. The van der Waals surface area contributed by atoms with Crippen LogP contribution in [0.25, 0.3) is 10.9 Å². The Morgan fingerprint density at radius 1 is 1.47 bits per heavy atom. The van der Waals surface area contributed by atoms with Gasteiger partial charge < -0.3 is 4.98 Å². The standard InChI is InChI=1S/C10H5ClFN2.Co/c1-5-8(4-13)14-7-3-2-6(12)10(11)9(5)7;/h2-3,14H,1H2;/q-1;. The fraction of sp³-hybridized carbons (Fsp3) is 0. The molecule has 0 fully saturated rings. The van der Waals surface area contributed by atoms with Gasteiger partial charge >= 0.3 is 0 Å². The third-order valence-electron chi connectivity index (χ3n) is 2.07.